The van der Waals surface area contributed by atoms with E-state index in [1.165, 1.54) is 12.0 Å². The van der Waals surface area contributed by atoms with Crippen LogP contribution in [0.25, 0.3) is 0 Å². The van der Waals surface area contributed by atoms with Crippen LogP contribution in [0, 0.1) is 0 Å². The third-order valence-electron chi connectivity index (χ3n) is 3.29. The maximum absolute atomic E-state index is 12.0. The van der Waals surface area contributed by atoms with Gasteiger partial charge >= 0.3 is 5.97 Å². The van der Waals surface area contributed by atoms with E-state index in [0.717, 1.165) is 11.3 Å². The minimum atomic E-state index is -0.309. The number of rotatable bonds is 6. The van der Waals surface area contributed by atoms with Gasteiger partial charge < -0.3 is 10.1 Å². The lowest BCUT2D eigenvalue weighted by molar-refractivity contribution is -0.142. The average Bonchev–Trinajstić information content (AvgIpc) is 2.56. The molecule has 0 heterocycles. The van der Waals surface area contributed by atoms with Crippen LogP contribution < -0.4 is 5.32 Å². The summed E-state index contributed by atoms with van der Waals surface area (Å²) in [5.74, 6) is -0.536. The number of anilines is 1. The van der Waals surface area contributed by atoms with Crippen molar-refractivity contribution in [1.29, 1.82) is 0 Å². The Bertz CT molecular complexity index is 569. The van der Waals surface area contributed by atoms with Crippen LogP contribution in [-0.4, -0.2) is 25.9 Å². The lowest BCUT2D eigenvalue weighted by Gasteiger charge is -2.16. The second-order valence-electron chi connectivity index (χ2n) is 4.60. The molecule has 1 atom stereocenters. The molecule has 110 valence electrons. The highest BCUT2D eigenvalue weighted by Gasteiger charge is 2.20. The Hall–Kier alpha value is -1.94. The third-order valence-corrected chi connectivity index (χ3v) is 4.03. The topological polar surface area (TPSA) is 38.3 Å². The smallest absolute Gasteiger partial charge is 0.314 e. The Morgan fingerprint density at radius 2 is 1.81 bits per heavy atom. The summed E-state index contributed by atoms with van der Waals surface area (Å²) in [5, 5.41) is 3.30. The predicted octanol–water partition coefficient (Wildman–Crippen LogP) is 3.78. The number of ether oxygens (including phenoxy) is 1. The predicted molar refractivity (Wildman–Crippen MR) is 87.9 cm³/mol. The molecule has 0 saturated carbocycles. The summed E-state index contributed by atoms with van der Waals surface area (Å²) < 4.78 is 4.91. The zero-order valence-electron chi connectivity index (χ0n) is 12.2. The van der Waals surface area contributed by atoms with Crippen molar-refractivity contribution in [3.8, 4) is 0 Å². The number of thioether (sulfide) groups is 1. The Labute approximate surface area is 129 Å². The van der Waals surface area contributed by atoms with Crippen LogP contribution in [0.15, 0.2) is 59.5 Å². The van der Waals surface area contributed by atoms with Crippen molar-refractivity contribution in [3.63, 3.8) is 0 Å². The van der Waals surface area contributed by atoms with Crippen molar-refractivity contribution in [1.82, 2.24) is 0 Å². The lowest BCUT2D eigenvalue weighted by atomic mass is 9.99. The Balaban J connectivity index is 2.07. The summed E-state index contributed by atoms with van der Waals surface area (Å²) in [4.78, 5) is 13.2. The molecular formula is C17H19NO2S. The van der Waals surface area contributed by atoms with Crippen LogP contribution in [0.4, 0.5) is 5.69 Å². The van der Waals surface area contributed by atoms with Gasteiger partial charge in [0.25, 0.3) is 0 Å². The van der Waals surface area contributed by atoms with Crippen LogP contribution in [0.5, 0.6) is 0 Å². The van der Waals surface area contributed by atoms with E-state index in [1.54, 1.807) is 11.8 Å². The molecule has 2 rings (SSSR count). The Morgan fingerprint density at radius 1 is 1.14 bits per heavy atom. The maximum atomic E-state index is 12.0. The van der Waals surface area contributed by atoms with Gasteiger partial charge in [0.15, 0.2) is 0 Å². The number of carbonyl (C=O) groups is 1. The number of benzene rings is 2. The molecule has 0 aromatic heterocycles. The molecule has 0 fully saturated rings. The molecule has 4 heteroatoms. The number of hydrogen-bond donors (Lipinski definition) is 1. The fraction of sp³-hybridized carbons (Fsp3) is 0.235. The average molecular weight is 301 g/mol. The fourth-order valence-electron chi connectivity index (χ4n) is 2.09. The third kappa shape index (κ3) is 4.26. The van der Waals surface area contributed by atoms with E-state index in [2.05, 4.69) is 17.4 Å². The summed E-state index contributed by atoms with van der Waals surface area (Å²) in [6, 6.07) is 17.8. The molecule has 1 unspecified atom stereocenters. The first-order chi connectivity index (χ1) is 10.2. The molecule has 1 N–H and O–H groups in total. The summed E-state index contributed by atoms with van der Waals surface area (Å²) in [6.07, 6.45) is 2.05. The van der Waals surface area contributed by atoms with Gasteiger partial charge in [-0.15, -0.1) is 11.8 Å². The van der Waals surface area contributed by atoms with E-state index in [-0.39, 0.29) is 11.9 Å². The summed E-state index contributed by atoms with van der Waals surface area (Å²) in [5.41, 5.74) is 1.95. The first-order valence-corrected chi connectivity index (χ1v) is 7.97. The monoisotopic (exact) mass is 301 g/mol. The first kappa shape index (κ1) is 15.4. The van der Waals surface area contributed by atoms with Crippen molar-refractivity contribution in [2.75, 3.05) is 25.2 Å². The van der Waals surface area contributed by atoms with Gasteiger partial charge in [-0.3, -0.25) is 4.79 Å². The first-order valence-electron chi connectivity index (χ1n) is 6.75. The van der Waals surface area contributed by atoms with Gasteiger partial charge in [-0.25, -0.2) is 0 Å². The van der Waals surface area contributed by atoms with Gasteiger partial charge in [-0.2, -0.15) is 0 Å². The highest BCUT2D eigenvalue weighted by Crippen LogP contribution is 2.20. The zero-order valence-corrected chi connectivity index (χ0v) is 13.0. The zero-order chi connectivity index (χ0) is 15.1. The van der Waals surface area contributed by atoms with Crippen molar-refractivity contribution in [2.24, 2.45) is 0 Å². The Kier molecular flexibility index (Phi) is 5.69. The van der Waals surface area contributed by atoms with Gasteiger partial charge in [0, 0.05) is 17.1 Å². The van der Waals surface area contributed by atoms with Crippen LogP contribution in [0.2, 0.25) is 0 Å². The molecule has 2 aromatic carbocycles. The summed E-state index contributed by atoms with van der Waals surface area (Å²) in [7, 11) is 1.42. The van der Waals surface area contributed by atoms with Crippen molar-refractivity contribution >= 4 is 23.4 Å². The van der Waals surface area contributed by atoms with E-state index in [9.17, 15) is 4.79 Å². The van der Waals surface area contributed by atoms with Gasteiger partial charge in [0.1, 0.15) is 0 Å². The maximum Gasteiger partial charge on any atom is 0.314 e. The van der Waals surface area contributed by atoms with E-state index < -0.39 is 0 Å². The van der Waals surface area contributed by atoms with Gasteiger partial charge in [0.2, 0.25) is 0 Å². The summed E-state index contributed by atoms with van der Waals surface area (Å²) >= 11 is 1.71. The standard InChI is InChI=1S/C17H19NO2S/c1-20-17(19)16(13-6-4-3-5-7-13)12-18-14-8-10-15(21-2)11-9-14/h3-11,16,18H,12H2,1-2H3. The molecule has 2 aromatic rings. The molecule has 0 saturated heterocycles. The molecule has 21 heavy (non-hydrogen) atoms. The van der Waals surface area contributed by atoms with Crippen LogP contribution in [0.1, 0.15) is 11.5 Å². The lowest BCUT2D eigenvalue weighted by Crippen LogP contribution is -2.22. The second-order valence-corrected chi connectivity index (χ2v) is 5.48. The number of esters is 1. The fourth-order valence-corrected chi connectivity index (χ4v) is 2.50. The van der Waals surface area contributed by atoms with E-state index >= 15 is 0 Å². The molecule has 0 bridgehead atoms. The molecular weight excluding hydrogens is 282 g/mol. The quantitative estimate of drug-likeness (QED) is 0.651. The largest absolute Gasteiger partial charge is 0.468 e. The molecule has 0 aliphatic heterocycles. The van der Waals surface area contributed by atoms with E-state index in [1.807, 2.05) is 48.7 Å². The highest BCUT2D eigenvalue weighted by molar-refractivity contribution is 7.98. The summed E-state index contributed by atoms with van der Waals surface area (Å²) in [6.45, 7) is 0.509. The van der Waals surface area contributed by atoms with Gasteiger partial charge in [-0.1, -0.05) is 30.3 Å². The van der Waals surface area contributed by atoms with Crippen LogP contribution in [-0.2, 0) is 9.53 Å². The van der Waals surface area contributed by atoms with Crippen molar-refractivity contribution in [3.05, 3.63) is 60.2 Å². The van der Waals surface area contributed by atoms with Gasteiger partial charge in [-0.05, 0) is 36.1 Å². The molecule has 3 nitrogen and oxygen atoms in total. The van der Waals surface area contributed by atoms with Crippen molar-refractivity contribution < 1.29 is 9.53 Å². The van der Waals surface area contributed by atoms with Gasteiger partial charge in [0.05, 0.1) is 13.0 Å². The van der Waals surface area contributed by atoms with Crippen LogP contribution in [0.3, 0.4) is 0 Å². The second kappa shape index (κ2) is 7.74. The number of hydrogen-bond acceptors (Lipinski definition) is 4. The molecule has 0 radical (unpaired) electrons. The highest BCUT2D eigenvalue weighted by atomic mass is 32.2. The minimum absolute atomic E-state index is 0.227. The Morgan fingerprint density at radius 3 is 2.38 bits per heavy atom. The number of nitrogens with one attached hydrogen (secondary N) is 1. The molecule has 0 spiro atoms. The van der Waals surface area contributed by atoms with Crippen molar-refractivity contribution in [2.45, 2.75) is 10.8 Å². The van der Waals surface area contributed by atoms with E-state index in [0.29, 0.717) is 6.54 Å². The molecule has 0 aliphatic rings. The van der Waals surface area contributed by atoms with E-state index in [4.69, 9.17) is 4.74 Å². The number of carbonyl (C=O) groups excluding carboxylic acids is 1. The molecule has 0 aliphatic carbocycles. The number of methoxy groups -OCH3 is 1. The molecule has 0 amide bonds. The normalized spacial score (nSPS) is 11.7. The van der Waals surface area contributed by atoms with Crippen LogP contribution >= 0.6 is 11.8 Å². The SMILES string of the molecule is COC(=O)C(CNc1ccc(SC)cc1)c1ccccc1. The minimum Gasteiger partial charge on any atom is -0.468 e.